The molecule has 1 aliphatic rings. The number of rotatable bonds is 3. The Morgan fingerprint density at radius 1 is 1.19 bits per heavy atom. The number of ketones is 1. The van der Waals surface area contributed by atoms with Crippen molar-refractivity contribution in [2.45, 2.75) is 67.7 Å². The minimum atomic E-state index is -0.141. The molecule has 5 nitrogen and oxygen atoms in total. The summed E-state index contributed by atoms with van der Waals surface area (Å²) < 4.78 is 5.17. The number of nitrogens with one attached hydrogen (secondary N) is 1. The van der Waals surface area contributed by atoms with Crippen LogP contribution in [-0.4, -0.2) is 24.7 Å². The van der Waals surface area contributed by atoms with Crippen molar-refractivity contribution in [2.75, 3.05) is 7.11 Å². The first-order valence-corrected chi connectivity index (χ1v) is 9.41. The molecule has 1 atom stereocenters. The second kappa shape index (κ2) is 15.1. The summed E-state index contributed by atoms with van der Waals surface area (Å²) in [6.45, 7) is 13.4. The summed E-state index contributed by atoms with van der Waals surface area (Å²) in [5.41, 5.74) is 1.76. The van der Waals surface area contributed by atoms with E-state index in [2.05, 4.69) is 5.32 Å². The maximum absolute atomic E-state index is 11.2. The highest BCUT2D eigenvalue weighted by molar-refractivity contribution is 5.98. The maximum atomic E-state index is 11.2. The molecule has 1 aliphatic heterocycles. The van der Waals surface area contributed by atoms with E-state index in [0.717, 1.165) is 23.3 Å². The molecule has 2 rings (SSSR count). The van der Waals surface area contributed by atoms with Gasteiger partial charge in [0.25, 0.3) is 0 Å². The van der Waals surface area contributed by atoms with Gasteiger partial charge >= 0.3 is 0 Å². The van der Waals surface area contributed by atoms with Gasteiger partial charge in [0.1, 0.15) is 5.75 Å². The number of hydrogen-bond donors (Lipinski definition) is 1. The molecule has 0 aliphatic carbocycles. The van der Waals surface area contributed by atoms with Crippen molar-refractivity contribution in [3.63, 3.8) is 0 Å². The lowest BCUT2D eigenvalue weighted by molar-refractivity contribution is -0.135. The van der Waals surface area contributed by atoms with Crippen LogP contribution in [0.15, 0.2) is 18.2 Å². The molecule has 1 saturated heterocycles. The van der Waals surface area contributed by atoms with Crippen molar-refractivity contribution in [3.05, 3.63) is 29.3 Å². The second-order valence-electron chi connectivity index (χ2n) is 5.25. The standard InChI is InChI=1S/C11H14O2.C6H9NO2.2C2H6/c1-4-9-10(8(2)12)6-5-7-11(9)13-3;1-4-2-3-5(8)7-6(4)9;2*1-2/h5-7H,4H2,1-3H3;4H,2-3H2,1H3,(H,7,8,9);2*1-2H3. The fraction of sp³-hybridized carbons (Fsp3) is 0.571. The quantitative estimate of drug-likeness (QED) is 0.629. The Hall–Kier alpha value is -2.17. The number of imide groups is 1. The maximum Gasteiger partial charge on any atom is 0.229 e. The van der Waals surface area contributed by atoms with Gasteiger partial charge in [0.15, 0.2) is 5.78 Å². The molecular formula is C21H35NO4. The average molecular weight is 366 g/mol. The molecule has 0 radical (unpaired) electrons. The van der Waals surface area contributed by atoms with E-state index in [1.807, 2.05) is 59.7 Å². The predicted octanol–water partition coefficient (Wildman–Crippen LogP) is 4.57. The number of methoxy groups -OCH3 is 1. The Balaban J connectivity index is 0. The summed E-state index contributed by atoms with van der Waals surface area (Å²) in [5.74, 6) is 0.637. The van der Waals surface area contributed by atoms with E-state index >= 15 is 0 Å². The Bertz CT molecular complexity index is 567. The van der Waals surface area contributed by atoms with Gasteiger partial charge in [-0.3, -0.25) is 19.7 Å². The van der Waals surface area contributed by atoms with Gasteiger partial charge in [-0.2, -0.15) is 0 Å². The van der Waals surface area contributed by atoms with Gasteiger partial charge in [0.2, 0.25) is 11.8 Å². The third kappa shape index (κ3) is 8.79. The van der Waals surface area contributed by atoms with Crippen molar-refractivity contribution in [1.82, 2.24) is 5.32 Å². The van der Waals surface area contributed by atoms with Gasteiger partial charge in [0, 0.05) is 23.5 Å². The summed E-state index contributed by atoms with van der Waals surface area (Å²) in [7, 11) is 1.62. The van der Waals surface area contributed by atoms with Crippen LogP contribution in [0, 0.1) is 5.92 Å². The summed E-state index contributed by atoms with van der Waals surface area (Å²) in [6.07, 6.45) is 2.01. The lowest BCUT2D eigenvalue weighted by atomic mass is 10.0. The van der Waals surface area contributed by atoms with Gasteiger partial charge < -0.3 is 4.74 Å². The molecule has 2 amide bonds. The zero-order chi connectivity index (χ0) is 20.7. The molecule has 5 heteroatoms. The van der Waals surface area contributed by atoms with Crippen LogP contribution in [0.4, 0.5) is 0 Å². The molecule has 1 heterocycles. The van der Waals surface area contributed by atoms with Crippen LogP contribution in [-0.2, 0) is 16.0 Å². The molecule has 1 fully saturated rings. The molecule has 1 aromatic rings. The number of piperidine rings is 1. The molecule has 0 bridgehead atoms. The van der Waals surface area contributed by atoms with E-state index in [4.69, 9.17) is 4.74 Å². The van der Waals surface area contributed by atoms with E-state index in [1.165, 1.54) is 0 Å². The van der Waals surface area contributed by atoms with Crippen molar-refractivity contribution >= 4 is 17.6 Å². The Morgan fingerprint density at radius 3 is 2.15 bits per heavy atom. The zero-order valence-corrected chi connectivity index (χ0v) is 17.6. The van der Waals surface area contributed by atoms with Crippen LogP contribution in [0.1, 0.15) is 77.2 Å². The molecule has 0 aromatic heterocycles. The number of amides is 2. The summed E-state index contributed by atoms with van der Waals surface area (Å²) in [6, 6.07) is 5.56. The smallest absolute Gasteiger partial charge is 0.229 e. The largest absolute Gasteiger partial charge is 0.496 e. The van der Waals surface area contributed by atoms with Crippen LogP contribution < -0.4 is 10.1 Å². The Labute approximate surface area is 158 Å². The highest BCUT2D eigenvalue weighted by Gasteiger charge is 2.21. The van der Waals surface area contributed by atoms with Gasteiger partial charge in [-0.05, 0) is 25.8 Å². The first-order valence-electron chi connectivity index (χ1n) is 9.41. The number of carbonyl (C=O) groups is 3. The minimum absolute atomic E-state index is 0.0164. The molecule has 0 saturated carbocycles. The van der Waals surface area contributed by atoms with E-state index in [1.54, 1.807) is 14.0 Å². The second-order valence-corrected chi connectivity index (χ2v) is 5.25. The number of carbonyl (C=O) groups excluding carboxylic acids is 3. The highest BCUT2D eigenvalue weighted by Crippen LogP contribution is 2.22. The van der Waals surface area contributed by atoms with Crippen molar-refractivity contribution in [2.24, 2.45) is 5.92 Å². The summed E-state index contributed by atoms with van der Waals surface area (Å²) >= 11 is 0. The van der Waals surface area contributed by atoms with Crippen molar-refractivity contribution in [3.8, 4) is 5.75 Å². The highest BCUT2D eigenvalue weighted by atomic mass is 16.5. The van der Waals surface area contributed by atoms with E-state index in [-0.39, 0.29) is 23.5 Å². The van der Waals surface area contributed by atoms with Gasteiger partial charge in [-0.15, -0.1) is 0 Å². The molecule has 1 unspecified atom stereocenters. The van der Waals surface area contributed by atoms with Crippen molar-refractivity contribution in [1.29, 1.82) is 0 Å². The Kier molecular flexibility index (Phi) is 15.2. The van der Waals surface area contributed by atoms with Crippen LogP contribution in [0.3, 0.4) is 0 Å². The topological polar surface area (TPSA) is 72.5 Å². The number of Topliss-reactive ketones (excluding diaryl/α,β-unsaturated/α-hetero) is 1. The SMILES string of the molecule is CC.CC.CC1CCC(=O)NC1=O.CCc1c(OC)cccc1C(C)=O. The molecule has 1 N–H and O–H groups in total. The zero-order valence-electron chi connectivity index (χ0n) is 17.6. The Morgan fingerprint density at radius 2 is 1.77 bits per heavy atom. The molecular weight excluding hydrogens is 330 g/mol. The van der Waals surface area contributed by atoms with Gasteiger partial charge in [-0.1, -0.05) is 53.7 Å². The molecule has 148 valence electrons. The number of hydrogen-bond acceptors (Lipinski definition) is 4. The third-order valence-corrected chi connectivity index (χ3v) is 3.60. The van der Waals surface area contributed by atoms with Gasteiger partial charge in [0.05, 0.1) is 7.11 Å². The molecule has 0 spiro atoms. The van der Waals surface area contributed by atoms with Crippen LogP contribution in [0.25, 0.3) is 0 Å². The molecule has 26 heavy (non-hydrogen) atoms. The van der Waals surface area contributed by atoms with E-state index < -0.39 is 0 Å². The number of ether oxygens (including phenoxy) is 1. The summed E-state index contributed by atoms with van der Waals surface area (Å²) in [4.78, 5) is 32.4. The number of benzene rings is 1. The van der Waals surface area contributed by atoms with Gasteiger partial charge in [-0.25, -0.2) is 0 Å². The van der Waals surface area contributed by atoms with Crippen LogP contribution in [0.5, 0.6) is 5.75 Å². The average Bonchev–Trinajstić information content (AvgIpc) is 2.67. The lowest BCUT2D eigenvalue weighted by Gasteiger charge is -2.15. The first kappa shape index (κ1) is 26.1. The van der Waals surface area contributed by atoms with Crippen LogP contribution >= 0.6 is 0 Å². The first-order chi connectivity index (χ1) is 12.4. The fourth-order valence-corrected chi connectivity index (χ4v) is 2.25. The van der Waals surface area contributed by atoms with Crippen molar-refractivity contribution < 1.29 is 19.1 Å². The summed E-state index contributed by atoms with van der Waals surface area (Å²) in [5, 5.41) is 2.25. The van der Waals surface area contributed by atoms with Crippen LogP contribution in [0.2, 0.25) is 0 Å². The minimum Gasteiger partial charge on any atom is -0.496 e. The predicted molar refractivity (Wildman–Crippen MR) is 107 cm³/mol. The van der Waals surface area contributed by atoms with E-state index in [0.29, 0.717) is 12.8 Å². The lowest BCUT2D eigenvalue weighted by Crippen LogP contribution is -2.39. The third-order valence-electron chi connectivity index (χ3n) is 3.60. The van der Waals surface area contributed by atoms with E-state index in [9.17, 15) is 14.4 Å². The molecule has 1 aromatic carbocycles. The normalized spacial score (nSPS) is 15.0. The monoisotopic (exact) mass is 365 g/mol. The fourth-order valence-electron chi connectivity index (χ4n) is 2.25.